The molecule has 1 N–H and O–H groups in total. The van der Waals surface area contributed by atoms with Gasteiger partial charge in [0.1, 0.15) is 0 Å². The summed E-state index contributed by atoms with van der Waals surface area (Å²) in [5, 5.41) is 3.35. The SMILES string of the molecule is Br.C=CCNCCCCCCCCCCCCCC. The van der Waals surface area contributed by atoms with Gasteiger partial charge in [-0.15, -0.1) is 23.6 Å². The van der Waals surface area contributed by atoms with E-state index in [1.807, 2.05) is 6.08 Å². The maximum Gasteiger partial charge on any atom is 0.0132 e. The summed E-state index contributed by atoms with van der Waals surface area (Å²) in [5.74, 6) is 0. The zero-order valence-corrected chi connectivity index (χ0v) is 14.8. The van der Waals surface area contributed by atoms with E-state index in [9.17, 15) is 0 Å². The molecule has 0 saturated carbocycles. The van der Waals surface area contributed by atoms with Gasteiger partial charge in [-0.3, -0.25) is 0 Å². The average Bonchev–Trinajstić information content (AvgIpc) is 2.39. The summed E-state index contributed by atoms with van der Waals surface area (Å²) < 4.78 is 0. The standard InChI is InChI=1S/C17H35N.BrH/c1-3-5-6-7-8-9-10-11-12-13-14-15-17-18-16-4-2;/h4,18H,2-3,5-17H2,1H3;1H. The number of unbranched alkanes of at least 4 members (excludes halogenated alkanes) is 11. The molecular formula is C17H36BrN. The molecule has 0 rings (SSSR count). The van der Waals surface area contributed by atoms with Gasteiger partial charge in [0.2, 0.25) is 0 Å². The summed E-state index contributed by atoms with van der Waals surface area (Å²) in [6.45, 7) is 8.09. The smallest absolute Gasteiger partial charge is 0.0132 e. The molecule has 0 unspecified atom stereocenters. The fourth-order valence-corrected chi connectivity index (χ4v) is 2.30. The van der Waals surface area contributed by atoms with Crippen LogP contribution in [0.3, 0.4) is 0 Å². The number of hydrogen-bond donors (Lipinski definition) is 1. The summed E-state index contributed by atoms with van der Waals surface area (Å²) in [7, 11) is 0. The monoisotopic (exact) mass is 333 g/mol. The molecule has 19 heavy (non-hydrogen) atoms. The first kappa shape index (κ1) is 21.5. The zero-order chi connectivity index (χ0) is 13.3. The number of hydrogen-bond acceptors (Lipinski definition) is 1. The lowest BCUT2D eigenvalue weighted by atomic mass is 10.1. The van der Waals surface area contributed by atoms with Gasteiger partial charge in [-0.2, -0.15) is 0 Å². The summed E-state index contributed by atoms with van der Waals surface area (Å²) in [6, 6.07) is 0. The summed E-state index contributed by atoms with van der Waals surface area (Å²) in [5.41, 5.74) is 0. The maximum absolute atomic E-state index is 3.70. The van der Waals surface area contributed by atoms with Crippen molar-refractivity contribution in [2.45, 2.75) is 84.0 Å². The molecule has 0 aromatic rings. The predicted octanol–water partition coefficient (Wildman–Crippen LogP) is 6.04. The van der Waals surface area contributed by atoms with Gasteiger partial charge >= 0.3 is 0 Å². The molecule has 0 fully saturated rings. The third-order valence-corrected chi connectivity index (χ3v) is 3.50. The van der Waals surface area contributed by atoms with E-state index in [1.165, 1.54) is 77.0 Å². The van der Waals surface area contributed by atoms with Crippen LogP contribution in [0.25, 0.3) is 0 Å². The molecule has 0 bridgehead atoms. The van der Waals surface area contributed by atoms with E-state index >= 15 is 0 Å². The highest BCUT2D eigenvalue weighted by Gasteiger charge is 1.93. The summed E-state index contributed by atoms with van der Waals surface area (Å²) >= 11 is 0. The quantitative estimate of drug-likeness (QED) is 0.284. The van der Waals surface area contributed by atoms with E-state index in [1.54, 1.807) is 0 Å². The second kappa shape index (κ2) is 20.5. The predicted molar refractivity (Wildman–Crippen MR) is 94.5 cm³/mol. The van der Waals surface area contributed by atoms with Crippen molar-refractivity contribution < 1.29 is 0 Å². The molecule has 0 radical (unpaired) electrons. The normalized spacial score (nSPS) is 10.2. The minimum atomic E-state index is 0. The molecular weight excluding hydrogens is 298 g/mol. The molecule has 2 heteroatoms. The van der Waals surface area contributed by atoms with Crippen molar-refractivity contribution in [3.05, 3.63) is 12.7 Å². The van der Waals surface area contributed by atoms with E-state index in [4.69, 9.17) is 0 Å². The first-order valence-corrected chi connectivity index (χ1v) is 8.23. The number of rotatable bonds is 15. The maximum atomic E-state index is 3.70. The Hall–Kier alpha value is 0.180. The van der Waals surface area contributed by atoms with Gasteiger partial charge in [0.15, 0.2) is 0 Å². The Kier molecular flexibility index (Phi) is 23.2. The van der Waals surface area contributed by atoms with Crippen LogP contribution in [0.2, 0.25) is 0 Å². The van der Waals surface area contributed by atoms with Gasteiger partial charge in [-0.05, 0) is 13.0 Å². The van der Waals surface area contributed by atoms with Gasteiger partial charge in [-0.1, -0.05) is 83.6 Å². The van der Waals surface area contributed by atoms with E-state index in [0.29, 0.717) is 0 Å². The van der Waals surface area contributed by atoms with Crippen molar-refractivity contribution in [2.75, 3.05) is 13.1 Å². The molecule has 0 aromatic heterocycles. The number of halogens is 1. The molecule has 0 aliphatic carbocycles. The lowest BCUT2D eigenvalue weighted by Crippen LogP contribution is -2.14. The second-order valence-corrected chi connectivity index (χ2v) is 5.38. The Morgan fingerprint density at radius 2 is 1.16 bits per heavy atom. The Labute approximate surface area is 132 Å². The van der Waals surface area contributed by atoms with E-state index < -0.39 is 0 Å². The summed E-state index contributed by atoms with van der Waals surface area (Å²) in [4.78, 5) is 0. The Morgan fingerprint density at radius 1 is 0.737 bits per heavy atom. The van der Waals surface area contributed by atoms with Gasteiger partial charge < -0.3 is 5.32 Å². The van der Waals surface area contributed by atoms with Crippen molar-refractivity contribution in [3.8, 4) is 0 Å². The highest BCUT2D eigenvalue weighted by molar-refractivity contribution is 8.93. The molecule has 0 heterocycles. The first-order chi connectivity index (χ1) is 8.91. The van der Waals surface area contributed by atoms with Crippen molar-refractivity contribution >= 4 is 17.0 Å². The largest absolute Gasteiger partial charge is 0.313 e. The lowest BCUT2D eigenvalue weighted by molar-refractivity contribution is 0.539. The zero-order valence-electron chi connectivity index (χ0n) is 13.1. The van der Waals surface area contributed by atoms with Gasteiger partial charge in [0, 0.05) is 6.54 Å². The number of nitrogens with one attached hydrogen (secondary N) is 1. The van der Waals surface area contributed by atoms with E-state index in [0.717, 1.165) is 13.1 Å². The highest BCUT2D eigenvalue weighted by Crippen LogP contribution is 2.11. The van der Waals surface area contributed by atoms with Crippen LogP contribution in [-0.4, -0.2) is 13.1 Å². The third kappa shape index (κ3) is 20.7. The van der Waals surface area contributed by atoms with Gasteiger partial charge in [-0.25, -0.2) is 0 Å². The Morgan fingerprint density at radius 3 is 1.58 bits per heavy atom. The first-order valence-electron chi connectivity index (χ1n) is 8.23. The fourth-order valence-electron chi connectivity index (χ4n) is 2.30. The molecule has 0 saturated heterocycles. The molecule has 0 amide bonds. The molecule has 0 aliphatic heterocycles. The van der Waals surface area contributed by atoms with Crippen LogP contribution < -0.4 is 5.32 Å². The topological polar surface area (TPSA) is 12.0 Å². The molecule has 116 valence electrons. The van der Waals surface area contributed by atoms with Crippen LogP contribution in [0.15, 0.2) is 12.7 Å². The molecule has 0 atom stereocenters. The van der Waals surface area contributed by atoms with Crippen LogP contribution in [-0.2, 0) is 0 Å². The Bertz CT molecular complexity index is 159. The Balaban J connectivity index is 0. The molecule has 0 spiro atoms. The van der Waals surface area contributed by atoms with Crippen LogP contribution in [0.5, 0.6) is 0 Å². The van der Waals surface area contributed by atoms with Crippen molar-refractivity contribution in [2.24, 2.45) is 0 Å². The van der Waals surface area contributed by atoms with Gasteiger partial charge in [0.25, 0.3) is 0 Å². The molecule has 1 nitrogen and oxygen atoms in total. The van der Waals surface area contributed by atoms with Crippen LogP contribution in [0.4, 0.5) is 0 Å². The van der Waals surface area contributed by atoms with Crippen molar-refractivity contribution in [1.29, 1.82) is 0 Å². The van der Waals surface area contributed by atoms with Crippen LogP contribution >= 0.6 is 17.0 Å². The van der Waals surface area contributed by atoms with Crippen molar-refractivity contribution in [3.63, 3.8) is 0 Å². The van der Waals surface area contributed by atoms with Crippen LogP contribution in [0, 0.1) is 0 Å². The van der Waals surface area contributed by atoms with E-state index in [2.05, 4.69) is 18.8 Å². The van der Waals surface area contributed by atoms with Gasteiger partial charge in [0.05, 0.1) is 0 Å². The van der Waals surface area contributed by atoms with Crippen LogP contribution in [0.1, 0.15) is 84.0 Å². The third-order valence-electron chi connectivity index (χ3n) is 3.50. The highest BCUT2D eigenvalue weighted by atomic mass is 79.9. The minimum absolute atomic E-state index is 0. The molecule has 0 aliphatic rings. The lowest BCUT2D eigenvalue weighted by Gasteiger charge is -2.03. The second-order valence-electron chi connectivity index (χ2n) is 5.38. The van der Waals surface area contributed by atoms with E-state index in [-0.39, 0.29) is 17.0 Å². The average molecular weight is 334 g/mol. The molecule has 0 aromatic carbocycles. The summed E-state index contributed by atoms with van der Waals surface area (Å²) in [6.07, 6.45) is 19.1. The fraction of sp³-hybridized carbons (Fsp3) is 0.882. The van der Waals surface area contributed by atoms with Crippen molar-refractivity contribution in [1.82, 2.24) is 5.32 Å². The minimum Gasteiger partial charge on any atom is -0.313 e.